The molecule has 0 atom stereocenters. The highest BCUT2D eigenvalue weighted by Crippen LogP contribution is 2.39. The van der Waals surface area contributed by atoms with Crippen LogP contribution in [0, 0.1) is 11.2 Å². The molecule has 4 rings (SSSR count). The van der Waals surface area contributed by atoms with Gasteiger partial charge in [-0.2, -0.15) is 18.3 Å². The zero-order valence-corrected chi connectivity index (χ0v) is 16.0. The number of aromatic nitrogens is 2. The average molecular weight is 404 g/mol. The van der Waals surface area contributed by atoms with Gasteiger partial charge in [-0.15, -0.1) is 0 Å². The van der Waals surface area contributed by atoms with Gasteiger partial charge in [0.05, 0.1) is 23.0 Å². The molecule has 1 aliphatic rings. The highest BCUT2D eigenvalue weighted by Gasteiger charge is 2.36. The predicted molar refractivity (Wildman–Crippen MR) is 103 cm³/mol. The fourth-order valence-electron chi connectivity index (χ4n) is 3.70. The van der Waals surface area contributed by atoms with Gasteiger partial charge in [-0.3, -0.25) is 0 Å². The molecule has 0 spiro atoms. The molecule has 0 radical (unpaired) electrons. The van der Waals surface area contributed by atoms with Gasteiger partial charge in [0, 0.05) is 11.5 Å². The smallest absolute Gasteiger partial charge is 0.419 e. The van der Waals surface area contributed by atoms with E-state index in [0.717, 1.165) is 36.3 Å². The van der Waals surface area contributed by atoms with Crippen molar-refractivity contribution in [1.29, 1.82) is 0 Å². The second-order valence-corrected chi connectivity index (χ2v) is 8.25. The molecule has 1 aromatic heterocycles. The number of alkyl halides is 3. The number of hydrogen-bond donors (Lipinski definition) is 1. The summed E-state index contributed by atoms with van der Waals surface area (Å²) in [5, 5.41) is 14.6. The SMILES string of the molecule is CC1(C)CC=C(c2ccc3c(cnn3-c3cc(O)c(F)c(C(F)(F)F)c3)c2)CC1. The van der Waals surface area contributed by atoms with Crippen LogP contribution in [0.3, 0.4) is 0 Å². The Labute approximate surface area is 165 Å². The summed E-state index contributed by atoms with van der Waals surface area (Å²) in [4.78, 5) is 0. The first-order valence-corrected chi connectivity index (χ1v) is 9.32. The van der Waals surface area contributed by atoms with Gasteiger partial charge in [-0.25, -0.2) is 9.07 Å². The Balaban J connectivity index is 1.76. The highest BCUT2D eigenvalue weighted by molar-refractivity contribution is 5.85. The first-order valence-electron chi connectivity index (χ1n) is 9.32. The number of nitrogens with zero attached hydrogens (tertiary/aromatic N) is 2. The molecule has 1 aliphatic carbocycles. The molecule has 1 heterocycles. The molecule has 152 valence electrons. The number of benzene rings is 2. The highest BCUT2D eigenvalue weighted by atomic mass is 19.4. The second-order valence-electron chi connectivity index (χ2n) is 8.25. The minimum Gasteiger partial charge on any atom is -0.505 e. The van der Waals surface area contributed by atoms with E-state index in [1.807, 2.05) is 12.1 Å². The van der Waals surface area contributed by atoms with E-state index in [9.17, 15) is 22.7 Å². The van der Waals surface area contributed by atoms with Gasteiger partial charge in [0.1, 0.15) is 0 Å². The van der Waals surface area contributed by atoms with Gasteiger partial charge >= 0.3 is 6.18 Å². The number of phenols is 1. The van der Waals surface area contributed by atoms with Crippen LogP contribution < -0.4 is 0 Å². The number of fused-ring (bicyclic) bond motifs is 1. The van der Waals surface area contributed by atoms with E-state index < -0.39 is 23.3 Å². The Hall–Kier alpha value is -2.83. The quantitative estimate of drug-likeness (QED) is 0.496. The van der Waals surface area contributed by atoms with Crippen molar-refractivity contribution >= 4 is 16.5 Å². The summed E-state index contributed by atoms with van der Waals surface area (Å²) >= 11 is 0. The summed E-state index contributed by atoms with van der Waals surface area (Å²) < 4.78 is 54.3. The van der Waals surface area contributed by atoms with Crippen LogP contribution >= 0.6 is 0 Å². The van der Waals surface area contributed by atoms with E-state index in [1.165, 1.54) is 10.3 Å². The Morgan fingerprint density at radius 3 is 2.55 bits per heavy atom. The number of aromatic hydroxyl groups is 1. The first-order chi connectivity index (χ1) is 13.5. The van der Waals surface area contributed by atoms with Crippen LogP contribution in [0.5, 0.6) is 5.75 Å². The van der Waals surface area contributed by atoms with E-state index in [0.29, 0.717) is 17.0 Å². The molecule has 7 heteroatoms. The average Bonchev–Trinajstić information content (AvgIpc) is 3.06. The molecule has 0 fully saturated rings. The molecule has 2 aromatic carbocycles. The fourth-order valence-corrected chi connectivity index (χ4v) is 3.70. The van der Waals surface area contributed by atoms with Gasteiger partial charge in [-0.05, 0) is 54.0 Å². The lowest BCUT2D eigenvalue weighted by molar-refractivity contribution is -0.140. The zero-order valence-electron chi connectivity index (χ0n) is 16.0. The Morgan fingerprint density at radius 1 is 1.14 bits per heavy atom. The van der Waals surface area contributed by atoms with E-state index >= 15 is 0 Å². The summed E-state index contributed by atoms with van der Waals surface area (Å²) in [6.45, 7) is 4.47. The minimum absolute atomic E-state index is 0.0578. The molecule has 0 bridgehead atoms. The summed E-state index contributed by atoms with van der Waals surface area (Å²) in [5.74, 6) is -2.75. The lowest BCUT2D eigenvalue weighted by Crippen LogP contribution is -2.14. The van der Waals surface area contributed by atoms with Crippen LogP contribution in [0.15, 0.2) is 42.6 Å². The third kappa shape index (κ3) is 3.61. The third-order valence-electron chi connectivity index (χ3n) is 5.50. The van der Waals surface area contributed by atoms with Gasteiger partial charge in [0.25, 0.3) is 0 Å². The van der Waals surface area contributed by atoms with Crippen molar-refractivity contribution in [3.05, 3.63) is 59.5 Å². The molecule has 0 saturated carbocycles. The maximum absolute atomic E-state index is 13.7. The molecule has 3 nitrogen and oxygen atoms in total. The molecule has 0 amide bonds. The lowest BCUT2D eigenvalue weighted by atomic mass is 9.77. The van der Waals surface area contributed by atoms with Crippen LogP contribution in [0.1, 0.15) is 44.2 Å². The fraction of sp³-hybridized carbons (Fsp3) is 0.318. The van der Waals surface area contributed by atoms with Crippen LogP contribution in [0.25, 0.3) is 22.2 Å². The minimum atomic E-state index is -4.92. The molecule has 1 N–H and O–H groups in total. The lowest BCUT2D eigenvalue weighted by Gasteiger charge is -2.28. The van der Waals surface area contributed by atoms with E-state index in [2.05, 4.69) is 25.0 Å². The molecular formula is C22H20F4N2O. The summed E-state index contributed by atoms with van der Waals surface area (Å²) in [5.41, 5.74) is 1.59. The zero-order chi connectivity index (χ0) is 21.0. The summed E-state index contributed by atoms with van der Waals surface area (Å²) in [7, 11) is 0. The number of rotatable bonds is 2. The Morgan fingerprint density at radius 2 is 1.90 bits per heavy atom. The van der Waals surface area contributed by atoms with E-state index in [-0.39, 0.29) is 5.69 Å². The summed E-state index contributed by atoms with van der Waals surface area (Å²) in [6, 6.07) is 7.25. The predicted octanol–water partition coefficient (Wildman–Crippen LogP) is 6.48. The Kier molecular flexibility index (Phi) is 4.44. The van der Waals surface area contributed by atoms with Crippen LogP contribution in [0.2, 0.25) is 0 Å². The maximum atomic E-state index is 13.7. The van der Waals surface area contributed by atoms with Crippen LogP contribution in [-0.2, 0) is 6.18 Å². The van der Waals surface area contributed by atoms with E-state index in [1.54, 1.807) is 12.3 Å². The molecule has 0 aliphatic heterocycles. The molecule has 0 saturated heterocycles. The van der Waals surface area contributed by atoms with Crippen molar-refractivity contribution in [2.24, 2.45) is 5.41 Å². The van der Waals surface area contributed by atoms with Crippen molar-refractivity contribution in [1.82, 2.24) is 9.78 Å². The van der Waals surface area contributed by atoms with E-state index in [4.69, 9.17) is 0 Å². The molecule has 0 unspecified atom stereocenters. The largest absolute Gasteiger partial charge is 0.505 e. The van der Waals surface area contributed by atoms with Crippen molar-refractivity contribution in [2.75, 3.05) is 0 Å². The molecule has 29 heavy (non-hydrogen) atoms. The van der Waals surface area contributed by atoms with Crippen LogP contribution in [0.4, 0.5) is 17.6 Å². The van der Waals surface area contributed by atoms with Gasteiger partial charge < -0.3 is 5.11 Å². The normalized spacial score (nSPS) is 16.8. The summed E-state index contributed by atoms with van der Waals surface area (Å²) in [6.07, 6.45) is 1.92. The standard InChI is InChI=1S/C22H20F4N2O/c1-21(2)7-5-13(6-8-21)14-3-4-18-15(9-14)12-27-28(18)16-10-17(22(24,25)26)20(23)19(29)11-16/h3-5,9-12,29H,6-8H2,1-2H3. The number of phenolic OH excluding ortho intramolecular Hbond substituents is 1. The number of allylic oxidation sites excluding steroid dienone is 2. The number of hydrogen-bond acceptors (Lipinski definition) is 2. The first kappa shape index (κ1) is 19.5. The maximum Gasteiger partial charge on any atom is 0.419 e. The third-order valence-corrected chi connectivity index (χ3v) is 5.50. The topological polar surface area (TPSA) is 38.0 Å². The van der Waals surface area contributed by atoms with Crippen molar-refractivity contribution in [3.63, 3.8) is 0 Å². The Bertz CT molecular complexity index is 1130. The van der Waals surface area contributed by atoms with Crippen molar-refractivity contribution in [2.45, 2.75) is 39.3 Å². The molecule has 3 aromatic rings. The second kappa shape index (κ2) is 6.61. The van der Waals surface area contributed by atoms with Gasteiger partial charge in [-0.1, -0.05) is 26.0 Å². The molecular weight excluding hydrogens is 384 g/mol. The van der Waals surface area contributed by atoms with Gasteiger partial charge in [0.2, 0.25) is 0 Å². The van der Waals surface area contributed by atoms with Crippen LogP contribution in [-0.4, -0.2) is 14.9 Å². The van der Waals surface area contributed by atoms with Gasteiger partial charge in [0.15, 0.2) is 11.6 Å². The van der Waals surface area contributed by atoms with Crippen molar-refractivity contribution < 1.29 is 22.7 Å². The monoisotopic (exact) mass is 404 g/mol. The van der Waals surface area contributed by atoms with Crippen molar-refractivity contribution in [3.8, 4) is 11.4 Å². The number of halogens is 4.